The molecule has 2 aromatic carbocycles. The molecule has 1 unspecified atom stereocenters. The number of hydrogen-bond donors (Lipinski definition) is 2. The molecule has 1 aromatic heterocycles. The van der Waals surface area contributed by atoms with Crippen molar-refractivity contribution in [2.45, 2.75) is 5.25 Å². The number of aromatic nitrogens is 1. The van der Waals surface area contributed by atoms with Gasteiger partial charge in [0.05, 0.1) is 34.9 Å². The molecule has 1 saturated heterocycles. The van der Waals surface area contributed by atoms with Crippen LogP contribution in [0.25, 0.3) is 21.3 Å². The second kappa shape index (κ2) is 11.5. The summed E-state index contributed by atoms with van der Waals surface area (Å²) in [5.41, 5.74) is 1.20. The Balaban J connectivity index is 1.66. The number of nitrogens with two attached hydrogens (primary N) is 1. The van der Waals surface area contributed by atoms with Crippen molar-refractivity contribution in [2.24, 2.45) is 5.14 Å². The second-order valence-electron chi connectivity index (χ2n) is 8.58. The van der Waals surface area contributed by atoms with Crippen LogP contribution in [0.5, 0.6) is 0 Å². The van der Waals surface area contributed by atoms with E-state index in [0.29, 0.717) is 42.1 Å². The first kappa shape index (κ1) is 27.5. The molecule has 0 spiro atoms. The Morgan fingerprint density at radius 1 is 1.14 bits per heavy atom. The van der Waals surface area contributed by atoms with E-state index in [1.165, 1.54) is 6.07 Å². The first-order valence-corrected chi connectivity index (χ1v) is 15.7. The fourth-order valence-corrected chi connectivity index (χ4v) is 7.41. The van der Waals surface area contributed by atoms with E-state index in [2.05, 4.69) is 10.3 Å². The minimum atomic E-state index is -4.08. The number of fused-ring (bicyclic) bond motifs is 1. The molecule has 3 aromatic rings. The number of ether oxygens (including phenoxy) is 1. The highest BCUT2D eigenvalue weighted by atomic mass is 32.2. The van der Waals surface area contributed by atoms with Gasteiger partial charge in [-0.1, -0.05) is 30.3 Å². The summed E-state index contributed by atoms with van der Waals surface area (Å²) < 4.78 is 70.1. The lowest BCUT2D eigenvalue weighted by Crippen LogP contribution is -2.42. The Morgan fingerprint density at radius 3 is 2.51 bits per heavy atom. The van der Waals surface area contributed by atoms with Crippen molar-refractivity contribution < 1.29 is 30.8 Å². The summed E-state index contributed by atoms with van der Waals surface area (Å²) in [4.78, 5) is 19.3. The van der Waals surface area contributed by atoms with Crippen molar-refractivity contribution in [1.82, 2.24) is 15.2 Å². The molecule has 10 nitrogen and oxygen atoms in total. The number of carbonyl (C=O) groups excluding carboxylic acids is 1. The SMILES string of the molecule is NS(=O)(=O)CCNC(=O)C(c1nc2cc(F)c(-c3ccccc3)cc2s1)S(=O)(=O)CCN1CCOCC1. The monoisotopic (exact) mass is 570 g/mol. The predicted molar refractivity (Wildman–Crippen MR) is 140 cm³/mol. The van der Waals surface area contributed by atoms with Crippen LogP contribution in [0, 0.1) is 5.82 Å². The van der Waals surface area contributed by atoms with Crippen LogP contribution in [0.2, 0.25) is 0 Å². The molecule has 200 valence electrons. The molecule has 4 rings (SSSR count). The molecule has 37 heavy (non-hydrogen) atoms. The smallest absolute Gasteiger partial charge is 0.245 e. The van der Waals surface area contributed by atoms with Gasteiger partial charge in [0.2, 0.25) is 15.9 Å². The van der Waals surface area contributed by atoms with Crippen molar-refractivity contribution in [3.05, 3.63) is 53.3 Å². The maximum atomic E-state index is 14.9. The van der Waals surface area contributed by atoms with Gasteiger partial charge in [0.15, 0.2) is 15.1 Å². The van der Waals surface area contributed by atoms with Gasteiger partial charge in [0, 0.05) is 37.8 Å². The van der Waals surface area contributed by atoms with E-state index >= 15 is 0 Å². The van der Waals surface area contributed by atoms with Crippen LogP contribution in [0.3, 0.4) is 0 Å². The average molecular weight is 571 g/mol. The standard InChI is InChI=1S/C23H27FN4O6S3/c24-18-15-19-20(14-17(18)16-4-2-1-3-5-16)35-23(27-19)21(22(29)26-6-12-37(25,32)33)36(30,31)13-9-28-7-10-34-11-8-28/h1-5,14-15,21H,6-13H2,(H,26,29)(H2,25,32,33). The number of halogens is 1. The first-order chi connectivity index (χ1) is 17.5. The molecular formula is C23H27FN4O6S3. The zero-order valence-electron chi connectivity index (χ0n) is 19.8. The van der Waals surface area contributed by atoms with Crippen LogP contribution in [-0.4, -0.2) is 83.5 Å². The topological polar surface area (TPSA) is 149 Å². The van der Waals surface area contributed by atoms with Gasteiger partial charge in [-0.25, -0.2) is 31.3 Å². The summed E-state index contributed by atoms with van der Waals surface area (Å²) >= 11 is 0.984. The van der Waals surface area contributed by atoms with Crippen molar-refractivity contribution >= 4 is 47.3 Å². The van der Waals surface area contributed by atoms with E-state index in [4.69, 9.17) is 9.88 Å². The molecule has 3 N–H and O–H groups in total. The molecule has 0 aliphatic carbocycles. The largest absolute Gasteiger partial charge is 0.379 e. The van der Waals surface area contributed by atoms with E-state index in [-0.39, 0.29) is 29.4 Å². The van der Waals surface area contributed by atoms with Crippen LogP contribution in [0.4, 0.5) is 4.39 Å². The van der Waals surface area contributed by atoms with Gasteiger partial charge in [0.1, 0.15) is 10.8 Å². The third kappa shape index (κ3) is 7.09. The number of nitrogens with zero attached hydrogens (tertiary/aromatic N) is 2. The Morgan fingerprint density at radius 2 is 1.84 bits per heavy atom. The molecule has 0 saturated carbocycles. The van der Waals surface area contributed by atoms with Crippen molar-refractivity contribution in [2.75, 3.05) is 50.9 Å². The van der Waals surface area contributed by atoms with E-state index in [0.717, 1.165) is 11.3 Å². The lowest BCUT2D eigenvalue weighted by molar-refractivity contribution is -0.120. The van der Waals surface area contributed by atoms with E-state index in [9.17, 15) is 26.0 Å². The van der Waals surface area contributed by atoms with Crippen LogP contribution < -0.4 is 10.5 Å². The molecule has 0 radical (unpaired) electrons. The zero-order valence-corrected chi connectivity index (χ0v) is 22.2. The number of thiazole rings is 1. The number of hydrogen-bond acceptors (Lipinski definition) is 9. The van der Waals surface area contributed by atoms with Crippen LogP contribution in [-0.2, 0) is 29.4 Å². The predicted octanol–water partition coefficient (Wildman–Crippen LogP) is 1.30. The minimum absolute atomic E-state index is 0.0188. The van der Waals surface area contributed by atoms with Gasteiger partial charge >= 0.3 is 0 Å². The summed E-state index contributed by atoms with van der Waals surface area (Å²) in [6.45, 7) is 1.97. The molecule has 1 amide bonds. The number of sulfonamides is 1. The lowest BCUT2D eigenvalue weighted by atomic mass is 10.1. The van der Waals surface area contributed by atoms with Crippen molar-refractivity contribution in [3.8, 4) is 11.1 Å². The third-order valence-electron chi connectivity index (χ3n) is 5.88. The second-order valence-corrected chi connectivity index (χ2v) is 13.6. The first-order valence-electron chi connectivity index (χ1n) is 11.5. The molecule has 1 atom stereocenters. The zero-order chi connectivity index (χ0) is 26.6. The van der Waals surface area contributed by atoms with Crippen LogP contribution in [0.1, 0.15) is 10.3 Å². The highest BCUT2D eigenvalue weighted by Crippen LogP contribution is 2.35. The summed E-state index contributed by atoms with van der Waals surface area (Å²) in [6.07, 6.45) is 0. The van der Waals surface area contributed by atoms with Gasteiger partial charge in [-0.15, -0.1) is 11.3 Å². The van der Waals surface area contributed by atoms with E-state index in [1.54, 1.807) is 30.3 Å². The Kier molecular flexibility index (Phi) is 8.56. The number of morpholine rings is 1. The van der Waals surface area contributed by atoms with Gasteiger partial charge in [0.25, 0.3) is 0 Å². The number of primary sulfonamides is 1. The number of carbonyl (C=O) groups is 1. The fourth-order valence-electron chi connectivity index (χ4n) is 3.95. The molecular weight excluding hydrogens is 543 g/mol. The van der Waals surface area contributed by atoms with Crippen LogP contribution in [0.15, 0.2) is 42.5 Å². The lowest BCUT2D eigenvalue weighted by Gasteiger charge is -2.27. The summed E-state index contributed by atoms with van der Waals surface area (Å²) in [7, 11) is -7.95. The van der Waals surface area contributed by atoms with E-state index in [1.807, 2.05) is 11.0 Å². The van der Waals surface area contributed by atoms with E-state index < -0.39 is 42.6 Å². The highest BCUT2D eigenvalue weighted by molar-refractivity contribution is 7.92. The average Bonchev–Trinajstić information content (AvgIpc) is 3.24. The Labute approximate surface area is 218 Å². The molecule has 2 heterocycles. The fraction of sp³-hybridized carbons (Fsp3) is 0.391. The maximum absolute atomic E-state index is 14.9. The molecule has 1 aliphatic rings. The summed E-state index contributed by atoms with van der Waals surface area (Å²) in [5, 5.41) is 5.65. The van der Waals surface area contributed by atoms with Gasteiger partial charge < -0.3 is 10.1 Å². The number of nitrogens with one attached hydrogen (secondary N) is 1. The quantitative estimate of drug-likeness (QED) is 0.371. The molecule has 0 bridgehead atoms. The summed E-state index contributed by atoms with van der Waals surface area (Å²) in [5.74, 6) is -2.31. The van der Waals surface area contributed by atoms with Gasteiger partial charge in [-0.2, -0.15) is 0 Å². The molecule has 1 aliphatic heterocycles. The number of sulfone groups is 1. The normalized spacial score (nSPS) is 16.1. The maximum Gasteiger partial charge on any atom is 0.245 e. The highest BCUT2D eigenvalue weighted by Gasteiger charge is 2.37. The molecule has 1 fully saturated rings. The Bertz CT molecular complexity index is 1470. The number of rotatable bonds is 10. The number of amides is 1. The Hall–Kier alpha value is -2.49. The number of benzene rings is 2. The summed E-state index contributed by atoms with van der Waals surface area (Å²) in [6, 6.07) is 11.7. The van der Waals surface area contributed by atoms with Crippen molar-refractivity contribution in [1.29, 1.82) is 0 Å². The molecule has 14 heteroatoms. The van der Waals surface area contributed by atoms with Gasteiger partial charge in [-0.05, 0) is 11.6 Å². The van der Waals surface area contributed by atoms with Crippen LogP contribution >= 0.6 is 11.3 Å². The van der Waals surface area contributed by atoms with Gasteiger partial charge in [-0.3, -0.25) is 9.69 Å². The van der Waals surface area contributed by atoms with Crippen molar-refractivity contribution in [3.63, 3.8) is 0 Å². The third-order valence-corrected chi connectivity index (χ3v) is 9.79. The minimum Gasteiger partial charge on any atom is -0.379 e.